The third-order valence-corrected chi connectivity index (χ3v) is 4.31. The van der Waals surface area contributed by atoms with Gasteiger partial charge in [-0.25, -0.2) is 0 Å². The van der Waals surface area contributed by atoms with Crippen molar-refractivity contribution >= 4 is 17.5 Å². The smallest absolute Gasteiger partial charge is 0.255 e. The molecule has 1 saturated carbocycles. The Balaban J connectivity index is 2.00. The maximum absolute atomic E-state index is 12.1. The average molecular weight is 298 g/mol. The topological polar surface area (TPSA) is 69.6 Å². The maximum Gasteiger partial charge on any atom is 0.255 e. The van der Waals surface area contributed by atoms with Gasteiger partial charge in [-0.2, -0.15) is 0 Å². The Morgan fingerprint density at radius 3 is 2.60 bits per heavy atom. The number of carbonyl (C=O) groups is 1. The molecular weight excluding hydrogens is 278 g/mol. The number of hydrogen-bond acceptors (Lipinski definition) is 3. The number of aromatic hydroxyl groups is 1. The summed E-state index contributed by atoms with van der Waals surface area (Å²) in [5.41, 5.74) is -0.00559. The SMILES string of the molecule is O=C(NCC1(CO)CCCCC1)c1ccc(Cl)cc1O. The molecule has 110 valence electrons. The Bertz CT molecular complexity index is 484. The van der Waals surface area contributed by atoms with Gasteiger partial charge in [0.15, 0.2) is 0 Å². The van der Waals surface area contributed by atoms with Crippen molar-refractivity contribution in [1.29, 1.82) is 0 Å². The minimum absolute atomic E-state index is 0.0832. The van der Waals surface area contributed by atoms with Crippen LogP contribution in [-0.2, 0) is 0 Å². The van der Waals surface area contributed by atoms with Crippen molar-refractivity contribution in [2.75, 3.05) is 13.2 Å². The van der Waals surface area contributed by atoms with Crippen LogP contribution in [0.2, 0.25) is 5.02 Å². The molecule has 0 atom stereocenters. The average Bonchev–Trinajstić information content (AvgIpc) is 2.46. The zero-order chi connectivity index (χ0) is 14.6. The first-order valence-corrected chi connectivity index (χ1v) is 7.32. The summed E-state index contributed by atoms with van der Waals surface area (Å²) in [6.45, 7) is 0.518. The second kappa shape index (κ2) is 6.46. The summed E-state index contributed by atoms with van der Waals surface area (Å²) in [4.78, 5) is 12.1. The van der Waals surface area contributed by atoms with Gasteiger partial charge in [0.05, 0.1) is 12.2 Å². The zero-order valence-corrected chi connectivity index (χ0v) is 12.1. The molecule has 3 N–H and O–H groups in total. The number of amides is 1. The summed E-state index contributed by atoms with van der Waals surface area (Å²) in [6, 6.07) is 4.41. The molecule has 1 fully saturated rings. The molecule has 0 spiro atoms. The van der Waals surface area contributed by atoms with Crippen LogP contribution in [0.25, 0.3) is 0 Å². The van der Waals surface area contributed by atoms with E-state index < -0.39 is 0 Å². The Kier molecular flexibility index (Phi) is 4.89. The monoisotopic (exact) mass is 297 g/mol. The number of hydrogen-bond donors (Lipinski definition) is 3. The molecule has 20 heavy (non-hydrogen) atoms. The van der Waals surface area contributed by atoms with Gasteiger partial charge in [0.2, 0.25) is 0 Å². The number of aliphatic hydroxyl groups excluding tert-OH is 1. The lowest BCUT2D eigenvalue weighted by molar-refractivity contribution is 0.0717. The molecule has 1 aromatic carbocycles. The molecule has 2 rings (SSSR count). The lowest BCUT2D eigenvalue weighted by atomic mass is 9.74. The number of phenols is 1. The summed E-state index contributed by atoms with van der Waals surface area (Å²) in [6.07, 6.45) is 5.21. The largest absolute Gasteiger partial charge is 0.507 e. The summed E-state index contributed by atoms with van der Waals surface area (Å²) in [7, 11) is 0. The minimum atomic E-state index is -0.336. The highest BCUT2D eigenvalue weighted by Gasteiger charge is 2.31. The van der Waals surface area contributed by atoms with Gasteiger partial charge in [0, 0.05) is 17.0 Å². The molecule has 5 heteroatoms. The number of aliphatic hydroxyl groups is 1. The molecule has 1 amide bonds. The van der Waals surface area contributed by atoms with Gasteiger partial charge < -0.3 is 15.5 Å². The van der Waals surface area contributed by atoms with Crippen LogP contribution in [0, 0.1) is 5.41 Å². The van der Waals surface area contributed by atoms with Crippen LogP contribution in [0.4, 0.5) is 0 Å². The summed E-state index contributed by atoms with van der Waals surface area (Å²) >= 11 is 5.74. The van der Waals surface area contributed by atoms with Gasteiger partial charge in [0.25, 0.3) is 5.91 Å². The summed E-state index contributed by atoms with van der Waals surface area (Å²) < 4.78 is 0. The Morgan fingerprint density at radius 2 is 2.00 bits per heavy atom. The van der Waals surface area contributed by atoms with Crippen molar-refractivity contribution in [3.8, 4) is 5.75 Å². The number of halogens is 1. The molecular formula is C15H20ClNO3. The normalized spacial score (nSPS) is 17.7. The van der Waals surface area contributed by atoms with E-state index in [1.807, 2.05) is 0 Å². The van der Waals surface area contributed by atoms with E-state index in [4.69, 9.17) is 11.6 Å². The predicted octanol–water partition coefficient (Wildman–Crippen LogP) is 2.72. The summed E-state index contributed by atoms with van der Waals surface area (Å²) in [5.74, 6) is -0.464. The predicted molar refractivity (Wildman–Crippen MR) is 78.1 cm³/mol. The lowest BCUT2D eigenvalue weighted by Crippen LogP contribution is -2.41. The van der Waals surface area contributed by atoms with Gasteiger partial charge in [-0.05, 0) is 31.0 Å². The summed E-state index contributed by atoms with van der Waals surface area (Å²) in [5, 5.41) is 22.5. The fourth-order valence-electron chi connectivity index (χ4n) is 2.75. The van der Waals surface area contributed by atoms with Crippen LogP contribution in [0.5, 0.6) is 5.75 Å². The standard InChI is InChI=1S/C15H20ClNO3/c16-11-4-5-12(13(19)8-11)14(20)17-9-15(10-18)6-2-1-3-7-15/h4-5,8,18-19H,1-3,6-7,9-10H2,(H,17,20). The van der Waals surface area contributed by atoms with Crippen LogP contribution in [0.3, 0.4) is 0 Å². The first-order valence-electron chi connectivity index (χ1n) is 6.94. The number of carbonyl (C=O) groups excluding carboxylic acids is 1. The van der Waals surface area contributed by atoms with Crippen LogP contribution in [0.15, 0.2) is 18.2 Å². The van der Waals surface area contributed by atoms with Gasteiger partial charge in [-0.1, -0.05) is 30.9 Å². The van der Waals surface area contributed by atoms with E-state index in [-0.39, 0.29) is 29.2 Å². The molecule has 1 aromatic rings. The van der Waals surface area contributed by atoms with Crippen LogP contribution in [-0.4, -0.2) is 29.3 Å². The van der Waals surface area contributed by atoms with Crippen molar-refractivity contribution in [1.82, 2.24) is 5.32 Å². The van der Waals surface area contributed by atoms with Gasteiger partial charge >= 0.3 is 0 Å². The molecule has 0 aliphatic heterocycles. The van der Waals surface area contributed by atoms with Crippen molar-refractivity contribution in [3.63, 3.8) is 0 Å². The van der Waals surface area contributed by atoms with E-state index in [9.17, 15) is 15.0 Å². The van der Waals surface area contributed by atoms with E-state index in [0.29, 0.717) is 11.6 Å². The highest BCUT2D eigenvalue weighted by atomic mass is 35.5. The van der Waals surface area contributed by atoms with Gasteiger partial charge in [-0.15, -0.1) is 0 Å². The second-order valence-corrected chi connectivity index (χ2v) is 6.00. The first-order chi connectivity index (χ1) is 9.56. The van der Waals surface area contributed by atoms with Gasteiger partial charge in [0.1, 0.15) is 5.75 Å². The number of nitrogens with one attached hydrogen (secondary N) is 1. The Labute approximate surface area is 123 Å². The number of benzene rings is 1. The second-order valence-electron chi connectivity index (χ2n) is 5.56. The molecule has 0 saturated heterocycles. The zero-order valence-electron chi connectivity index (χ0n) is 11.4. The molecule has 0 bridgehead atoms. The van der Waals surface area contributed by atoms with Crippen molar-refractivity contribution in [2.45, 2.75) is 32.1 Å². The molecule has 1 aliphatic rings. The van der Waals surface area contributed by atoms with E-state index in [1.165, 1.54) is 18.6 Å². The lowest BCUT2D eigenvalue weighted by Gasteiger charge is -2.35. The molecule has 1 aliphatic carbocycles. The van der Waals surface area contributed by atoms with E-state index >= 15 is 0 Å². The van der Waals surface area contributed by atoms with E-state index in [2.05, 4.69) is 5.32 Å². The van der Waals surface area contributed by atoms with Crippen molar-refractivity contribution in [3.05, 3.63) is 28.8 Å². The van der Waals surface area contributed by atoms with Crippen LogP contribution >= 0.6 is 11.6 Å². The van der Waals surface area contributed by atoms with Crippen LogP contribution < -0.4 is 5.32 Å². The van der Waals surface area contributed by atoms with E-state index in [1.54, 1.807) is 6.07 Å². The first kappa shape index (κ1) is 15.1. The van der Waals surface area contributed by atoms with Crippen LogP contribution in [0.1, 0.15) is 42.5 Å². The maximum atomic E-state index is 12.1. The fraction of sp³-hybridized carbons (Fsp3) is 0.533. The van der Waals surface area contributed by atoms with E-state index in [0.717, 1.165) is 25.7 Å². The third kappa shape index (κ3) is 3.44. The fourth-order valence-corrected chi connectivity index (χ4v) is 2.92. The molecule has 0 unspecified atom stereocenters. The quantitative estimate of drug-likeness (QED) is 0.800. The van der Waals surface area contributed by atoms with Gasteiger partial charge in [-0.3, -0.25) is 4.79 Å². The number of phenolic OH excluding ortho intramolecular Hbond substituents is 1. The third-order valence-electron chi connectivity index (χ3n) is 4.08. The molecule has 0 aromatic heterocycles. The van der Waals surface area contributed by atoms with Crippen molar-refractivity contribution < 1.29 is 15.0 Å². The molecule has 0 radical (unpaired) electrons. The highest BCUT2D eigenvalue weighted by molar-refractivity contribution is 6.30. The molecule has 4 nitrogen and oxygen atoms in total. The van der Waals surface area contributed by atoms with Crippen molar-refractivity contribution in [2.24, 2.45) is 5.41 Å². The Hall–Kier alpha value is -1.26. The highest BCUT2D eigenvalue weighted by Crippen LogP contribution is 2.35. The molecule has 0 heterocycles. The number of rotatable bonds is 4. The minimum Gasteiger partial charge on any atom is -0.507 e. The Morgan fingerprint density at radius 1 is 1.30 bits per heavy atom.